The summed E-state index contributed by atoms with van der Waals surface area (Å²) in [5.74, 6) is -1.74. The SMILES string of the molecule is Cc1nc(C(=O)N[C@@H](CC(C)C)C(=O)O)nn1-c1ccc(F)cc1. The van der Waals surface area contributed by atoms with Crippen LogP contribution < -0.4 is 5.32 Å². The van der Waals surface area contributed by atoms with Crippen LogP contribution in [0.5, 0.6) is 0 Å². The Morgan fingerprint density at radius 3 is 2.46 bits per heavy atom. The van der Waals surface area contributed by atoms with Gasteiger partial charge in [0.05, 0.1) is 5.69 Å². The van der Waals surface area contributed by atoms with Gasteiger partial charge in [0, 0.05) is 0 Å². The van der Waals surface area contributed by atoms with Crippen molar-refractivity contribution in [2.45, 2.75) is 33.2 Å². The number of aryl methyl sites for hydroxylation is 1. The van der Waals surface area contributed by atoms with Gasteiger partial charge in [-0.3, -0.25) is 4.79 Å². The van der Waals surface area contributed by atoms with E-state index in [1.807, 2.05) is 13.8 Å². The number of nitrogens with one attached hydrogen (secondary N) is 1. The van der Waals surface area contributed by atoms with Gasteiger partial charge in [-0.2, -0.15) is 0 Å². The van der Waals surface area contributed by atoms with E-state index in [9.17, 15) is 19.1 Å². The molecule has 2 rings (SSSR count). The number of hydrogen-bond donors (Lipinski definition) is 2. The Morgan fingerprint density at radius 2 is 1.92 bits per heavy atom. The number of aliphatic carboxylic acids is 1. The molecule has 24 heavy (non-hydrogen) atoms. The molecular weight excluding hydrogens is 315 g/mol. The molecule has 7 nitrogen and oxygen atoms in total. The van der Waals surface area contributed by atoms with Gasteiger partial charge in [0.15, 0.2) is 0 Å². The van der Waals surface area contributed by atoms with Crippen LogP contribution in [0, 0.1) is 18.7 Å². The number of carboxylic acids is 1. The summed E-state index contributed by atoms with van der Waals surface area (Å²) < 4.78 is 14.4. The highest BCUT2D eigenvalue weighted by atomic mass is 19.1. The van der Waals surface area contributed by atoms with Crippen LogP contribution >= 0.6 is 0 Å². The maximum atomic E-state index is 13.0. The number of rotatable bonds is 6. The van der Waals surface area contributed by atoms with E-state index in [0.29, 0.717) is 17.9 Å². The first-order valence-electron chi connectivity index (χ1n) is 7.51. The largest absolute Gasteiger partial charge is 0.480 e. The van der Waals surface area contributed by atoms with Gasteiger partial charge in [-0.25, -0.2) is 18.9 Å². The van der Waals surface area contributed by atoms with Crippen LogP contribution in [0.15, 0.2) is 24.3 Å². The average Bonchev–Trinajstić information content (AvgIpc) is 2.89. The van der Waals surface area contributed by atoms with E-state index in [2.05, 4.69) is 15.4 Å². The first-order chi connectivity index (χ1) is 11.3. The molecule has 0 spiro atoms. The lowest BCUT2D eigenvalue weighted by Gasteiger charge is -2.15. The first-order valence-corrected chi connectivity index (χ1v) is 7.51. The lowest BCUT2D eigenvalue weighted by molar-refractivity contribution is -0.139. The predicted molar refractivity (Wildman–Crippen MR) is 84.4 cm³/mol. The van der Waals surface area contributed by atoms with Crippen molar-refractivity contribution in [3.8, 4) is 5.69 Å². The topological polar surface area (TPSA) is 97.1 Å². The Kier molecular flexibility index (Phi) is 5.28. The Morgan fingerprint density at radius 1 is 1.29 bits per heavy atom. The molecule has 0 aliphatic carbocycles. The molecule has 8 heteroatoms. The Bertz CT molecular complexity index is 740. The zero-order valence-electron chi connectivity index (χ0n) is 13.7. The average molecular weight is 334 g/mol. The van der Waals surface area contributed by atoms with Crippen molar-refractivity contribution in [2.24, 2.45) is 5.92 Å². The van der Waals surface area contributed by atoms with Gasteiger partial charge in [0.1, 0.15) is 17.7 Å². The molecule has 1 atom stereocenters. The Hall–Kier alpha value is -2.77. The second kappa shape index (κ2) is 7.20. The van der Waals surface area contributed by atoms with Gasteiger partial charge in [-0.15, -0.1) is 5.10 Å². The maximum Gasteiger partial charge on any atom is 0.326 e. The molecule has 0 saturated carbocycles. The lowest BCUT2D eigenvalue weighted by Crippen LogP contribution is -2.42. The number of carbonyl (C=O) groups excluding carboxylic acids is 1. The van der Waals surface area contributed by atoms with Gasteiger partial charge in [-0.05, 0) is 43.5 Å². The molecule has 0 radical (unpaired) electrons. The molecular formula is C16H19FN4O3. The number of carbonyl (C=O) groups is 2. The lowest BCUT2D eigenvalue weighted by atomic mass is 10.0. The van der Waals surface area contributed by atoms with E-state index in [1.165, 1.54) is 28.9 Å². The molecule has 128 valence electrons. The number of carboxylic acid groups (broad SMARTS) is 1. The van der Waals surface area contributed by atoms with E-state index in [4.69, 9.17) is 0 Å². The van der Waals surface area contributed by atoms with E-state index >= 15 is 0 Å². The molecule has 0 unspecified atom stereocenters. The summed E-state index contributed by atoms with van der Waals surface area (Å²) in [6.07, 6.45) is 0.304. The summed E-state index contributed by atoms with van der Waals surface area (Å²) in [6, 6.07) is 4.57. The van der Waals surface area contributed by atoms with Gasteiger partial charge < -0.3 is 10.4 Å². The normalized spacial score (nSPS) is 12.2. The molecule has 1 amide bonds. The molecule has 1 aromatic carbocycles. The molecule has 2 N–H and O–H groups in total. The molecule has 0 bridgehead atoms. The van der Waals surface area contributed by atoms with Crippen molar-refractivity contribution in [1.29, 1.82) is 0 Å². The van der Waals surface area contributed by atoms with Crippen molar-refractivity contribution >= 4 is 11.9 Å². The molecule has 1 aromatic heterocycles. The third-order valence-corrected chi connectivity index (χ3v) is 3.35. The summed E-state index contributed by atoms with van der Waals surface area (Å²) in [6.45, 7) is 5.39. The van der Waals surface area contributed by atoms with Gasteiger partial charge in [-0.1, -0.05) is 13.8 Å². The van der Waals surface area contributed by atoms with Crippen LogP contribution in [0.1, 0.15) is 36.7 Å². The monoisotopic (exact) mass is 334 g/mol. The van der Waals surface area contributed by atoms with Crippen molar-refractivity contribution in [1.82, 2.24) is 20.1 Å². The number of nitrogens with zero attached hydrogens (tertiary/aromatic N) is 3. The summed E-state index contributed by atoms with van der Waals surface area (Å²) in [5, 5.41) is 15.7. The first kappa shape index (κ1) is 17.6. The van der Waals surface area contributed by atoms with Crippen molar-refractivity contribution in [3.05, 3.63) is 41.7 Å². The fourth-order valence-corrected chi connectivity index (χ4v) is 2.23. The Labute approximate surface area is 138 Å². The van der Waals surface area contributed by atoms with Crippen LogP contribution in [0.25, 0.3) is 5.69 Å². The molecule has 0 saturated heterocycles. The number of benzene rings is 1. The highest BCUT2D eigenvalue weighted by Gasteiger charge is 2.24. The predicted octanol–water partition coefficient (Wildman–Crippen LogP) is 1.94. The summed E-state index contributed by atoms with van der Waals surface area (Å²) in [4.78, 5) is 27.5. The second-order valence-electron chi connectivity index (χ2n) is 5.86. The van der Waals surface area contributed by atoms with Gasteiger partial charge >= 0.3 is 5.97 Å². The third-order valence-electron chi connectivity index (χ3n) is 3.35. The molecule has 0 aliphatic heterocycles. The number of hydrogen-bond acceptors (Lipinski definition) is 4. The minimum absolute atomic E-state index is 0.109. The summed E-state index contributed by atoms with van der Waals surface area (Å²) in [5.41, 5.74) is 0.553. The standard InChI is InChI=1S/C16H19FN4O3/c1-9(2)8-13(16(23)24)19-15(22)14-18-10(3)21(20-14)12-6-4-11(17)5-7-12/h4-7,9,13H,8H2,1-3H3,(H,19,22)(H,23,24)/t13-/m0/s1. The van der Waals surface area contributed by atoms with Gasteiger partial charge in [0.25, 0.3) is 5.91 Å². The van der Waals surface area contributed by atoms with E-state index < -0.39 is 17.9 Å². The zero-order chi connectivity index (χ0) is 17.9. The Balaban J connectivity index is 2.20. The van der Waals surface area contributed by atoms with Crippen molar-refractivity contribution < 1.29 is 19.1 Å². The quantitative estimate of drug-likeness (QED) is 0.841. The van der Waals surface area contributed by atoms with Crippen LogP contribution in [0.3, 0.4) is 0 Å². The summed E-state index contributed by atoms with van der Waals surface area (Å²) >= 11 is 0. The van der Waals surface area contributed by atoms with E-state index in [1.54, 1.807) is 6.92 Å². The molecule has 0 aliphatic rings. The third kappa shape index (κ3) is 4.15. The fourth-order valence-electron chi connectivity index (χ4n) is 2.23. The van der Waals surface area contributed by atoms with Crippen LogP contribution in [-0.4, -0.2) is 37.8 Å². The highest BCUT2D eigenvalue weighted by Crippen LogP contribution is 2.11. The highest BCUT2D eigenvalue weighted by molar-refractivity contribution is 5.93. The zero-order valence-corrected chi connectivity index (χ0v) is 13.7. The summed E-state index contributed by atoms with van der Waals surface area (Å²) in [7, 11) is 0. The van der Waals surface area contributed by atoms with Gasteiger partial charge in [0.2, 0.25) is 5.82 Å². The minimum Gasteiger partial charge on any atom is -0.480 e. The van der Waals surface area contributed by atoms with E-state index in [0.717, 1.165) is 0 Å². The second-order valence-corrected chi connectivity index (χ2v) is 5.86. The van der Waals surface area contributed by atoms with Crippen molar-refractivity contribution in [3.63, 3.8) is 0 Å². The van der Waals surface area contributed by atoms with Crippen LogP contribution in [0.4, 0.5) is 4.39 Å². The molecule has 0 fully saturated rings. The number of aromatic nitrogens is 3. The minimum atomic E-state index is -1.10. The fraction of sp³-hybridized carbons (Fsp3) is 0.375. The van der Waals surface area contributed by atoms with E-state index in [-0.39, 0.29) is 17.6 Å². The smallest absolute Gasteiger partial charge is 0.326 e. The number of amides is 1. The van der Waals surface area contributed by atoms with Crippen LogP contribution in [-0.2, 0) is 4.79 Å². The van der Waals surface area contributed by atoms with Crippen LogP contribution in [0.2, 0.25) is 0 Å². The molecule has 1 heterocycles. The maximum absolute atomic E-state index is 13.0. The number of halogens is 1. The molecule has 2 aromatic rings. The van der Waals surface area contributed by atoms with Crippen molar-refractivity contribution in [2.75, 3.05) is 0 Å².